The second kappa shape index (κ2) is 12.8. The maximum absolute atomic E-state index is 13.7. The van der Waals surface area contributed by atoms with Crippen LogP contribution in [0, 0.1) is 0 Å². The highest BCUT2D eigenvalue weighted by atomic mass is 35.5. The number of hydrogen-bond acceptors (Lipinski definition) is 4. The highest BCUT2D eigenvalue weighted by Crippen LogP contribution is 2.24. The molecule has 2 amide bonds. The van der Waals surface area contributed by atoms with Gasteiger partial charge in [-0.1, -0.05) is 75.0 Å². The van der Waals surface area contributed by atoms with Crippen LogP contribution in [0.5, 0.6) is 0 Å². The smallest absolute Gasteiger partial charge is 0.244 e. The Hall–Kier alpha value is -2.58. The van der Waals surface area contributed by atoms with Crippen molar-refractivity contribution in [3.63, 3.8) is 0 Å². The first-order chi connectivity index (χ1) is 17.5. The minimum atomic E-state index is -3.77. The Kier molecular flexibility index (Phi) is 10.0. The number of hydrogen-bond donors (Lipinski definition) is 1. The van der Waals surface area contributed by atoms with E-state index < -0.39 is 28.5 Å². The van der Waals surface area contributed by atoms with Crippen molar-refractivity contribution in [2.75, 3.05) is 17.1 Å². The first-order valence-electron chi connectivity index (χ1n) is 12.9. The molecule has 0 saturated heterocycles. The van der Waals surface area contributed by atoms with E-state index in [2.05, 4.69) is 19.2 Å². The van der Waals surface area contributed by atoms with E-state index in [1.807, 2.05) is 18.2 Å². The monoisotopic (exact) mass is 547 g/mol. The summed E-state index contributed by atoms with van der Waals surface area (Å²) in [5, 5.41) is 3.57. The fourth-order valence-corrected chi connectivity index (χ4v) is 5.65. The van der Waals surface area contributed by atoms with Crippen LogP contribution in [0.25, 0.3) is 0 Å². The average Bonchev–Trinajstić information content (AvgIpc) is 2.86. The lowest BCUT2D eigenvalue weighted by molar-refractivity contribution is -0.139. The molecule has 0 bridgehead atoms. The molecule has 0 aliphatic heterocycles. The maximum Gasteiger partial charge on any atom is 0.244 e. The van der Waals surface area contributed by atoms with Crippen LogP contribution in [0.3, 0.4) is 0 Å². The first-order valence-corrected chi connectivity index (χ1v) is 15.1. The Labute approximate surface area is 226 Å². The molecule has 1 atom stereocenters. The lowest BCUT2D eigenvalue weighted by Gasteiger charge is -2.33. The number of sulfonamides is 1. The van der Waals surface area contributed by atoms with E-state index >= 15 is 0 Å². The summed E-state index contributed by atoms with van der Waals surface area (Å²) < 4.78 is 26.6. The molecule has 1 N–H and O–H groups in total. The highest BCUT2D eigenvalue weighted by molar-refractivity contribution is 7.92. The zero-order chi connectivity index (χ0) is 27.2. The molecule has 0 heterocycles. The Morgan fingerprint density at radius 1 is 1.00 bits per heavy atom. The molecule has 0 spiro atoms. The lowest BCUT2D eigenvalue weighted by atomic mass is 9.95. The van der Waals surface area contributed by atoms with Crippen molar-refractivity contribution in [2.24, 2.45) is 0 Å². The van der Waals surface area contributed by atoms with Crippen molar-refractivity contribution in [1.82, 2.24) is 10.2 Å². The number of rotatable bonds is 10. The normalized spacial score (nSPS) is 15.3. The molecule has 0 aromatic heterocycles. The van der Waals surface area contributed by atoms with E-state index in [0.29, 0.717) is 16.3 Å². The first kappa shape index (κ1) is 29.0. The Balaban J connectivity index is 1.87. The van der Waals surface area contributed by atoms with Crippen molar-refractivity contribution < 1.29 is 18.0 Å². The lowest BCUT2D eigenvalue weighted by Crippen LogP contribution is -2.53. The van der Waals surface area contributed by atoms with Gasteiger partial charge in [-0.2, -0.15) is 0 Å². The second-order valence-electron chi connectivity index (χ2n) is 10.1. The van der Waals surface area contributed by atoms with Gasteiger partial charge in [0.05, 0.1) is 11.9 Å². The van der Waals surface area contributed by atoms with Gasteiger partial charge in [0.15, 0.2) is 0 Å². The number of carbonyl (C=O) groups excluding carboxylic acids is 2. The zero-order valence-electron chi connectivity index (χ0n) is 22.1. The van der Waals surface area contributed by atoms with E-state index in [9.17, 15) is 18.0 Å². The van der Waals surface area contributed by atoms with Gasteiger partial charge in [-0.15, -0.1) is 0 Å². The van der Waals surface area contributed by atoms with Gasteiger partial charge in [0.1, 0.15) is 12.6 Å². The van der Waals surface area contributed by atoms with Gasteiger partial charge in [-0.25, -0.2) is 8.42 Å². The summed E-state index contributed by atoms with van der Waals surface area (Å²) >= 11 is 6.38. The van der Waals surface area contributed by atoms with Gasteiger partial charge >= 0.3 is 0 Å². The number of nitrogens with one attached hydrogen (secondary N) is 1. The van der Waals surface area contributed by atoms with Crippen molar-refractivity contribution in [3.05, 3.63) is 64.7 Å². The standard InChI is InChI=1S/C28H38ClN3O4S/c1-20(2)22-14-16-25(17-15-22)32(37(4,35)36)19-27(33)31(18-23-10-8-9-13-26(23)29)21(3)28(34)30-24-11-6-5-7-12-24/h8-10,13-17,20-21,24H,5-7,11-12,18-19H2,1-4H3,(H,30,34)/t21-/m0/s1. The van der Waals surface area contributed by atoms with Gasteiger partial charge in [0, 0.05) is 17.6 Å². The van der Waals surface area contributed by atoms with Crippen molar-refractivity contribution in [3.8, 4) is 0 Å². The molecule has 0 radical (unpaired) electrons. The van der Waals surface area contributed by atoms with E-state index in [0.717, 1.165) is 41.8 Å². The maximum atomic E-state index is 13.7. The summed E-state index contributed by atoms with van der Waals surface area (Å²) in [6.45, 7) is 5.44. The molecular weight excluding hydrogens is 510 g/mol. The summed E-state index contributed by atoms with van der Waals surface area (Å²) in [5.41, 5.74) is 2.15. The van der Waals surface area contributed by atoms with Crippen molar-refractivity contribution >= 4 is 39.1 Å². The predicted molar refractivity (Wildman–Crippen MR) is 149 cm³/mol. The third-order valence-electron chi connectivity index (χ3n) is 6.94. The molecule has 7 nitrogen and oxygen atoms in total. The third kappa shape index (κ3) is 7.95. The number of halogens is 1. The molecule has 2 aromatic rings. The number of carbonyl (C=O) groups is 2. The fourth-order valence-electron chi connectivity index (χ4n) is 4.60. The molecule has 2 aromatic carbocycles. The molecule has 3 rings (SSSR count). The van der Waals surface area contributed by atoms with Gasteiger partial charge in [0.25, 0.3) is 0 Å². The van der Waals surface area contributed by atoms with Crippen LogP contribution in [0.1, 0.15) is 69.9 Å². The van der Waals surface area contributed by atoms with Gasteiger partial charge in [0.2, 0.25) is 21.8 Å². The fraction of sp³-hybridized carbons (Fsp3) is 0.500. The molecule has 9 heteroatoms. The van der Waals surface area contributed by atoms with Gasteiger partial charge in [-0.05, 0) is 55.0 Å². The molecule has 37 heavy (non-hydrogen) atoms. The molecule has 1 aliphatic carbocycles. The van der Waals surface area contributed by atoms with Crippen LogP contribution in [0.15, 0.2) is 48.5 Å². The predicted octanol–water partition coefficient (Wildman–Crippen LogP) is 5.10. The van der Waals surface area contributed by atoms with Crippen LogP contribution >= 0.6 is 11.6 Å². The van der Waals surface area contributed by atoms with Crippen molar-refractivity contribution in [1.29, 1.82) is 0 Å². The molecule has 1 saturated carbocycles. The summed E-state index contributed by atoms with van der Waals surface area (Å²) in [7, 11) is -3.77. The highest BCUT2D eigenvalue weighted by Gasteiger charge is 2.31. The van der Waals surface area contributed by atoms with Gasteiger partial charge in [-0.3, -0.25) is 13.9 Å². The van der Waals surface area contributed by atoms with Crippen LogP contribution in [-0.4, -0.2) is 50.0 Å². The molecule has 0 unspecified atom stereocenters. The van der Waals surface area contributed by atoms with E-state index in [-0.39, 0.29) is 24.4 Å². The number of anilines is 1. The molecule has 1 aliphatic rings. The zero-order valence-corrected chi connectivity index (χ0v) is 23.7. The van der Waals surface area contributed by atoms with Crippen LogP contribution < -0.4 is 9.62 Å². The number of nitrogens with zero attached hydrogens (tertiary/aromatic N) is 2. The summed E-state index contributed by atoms with van der Waals surface area (Å²) in [6.07, 6.45) is 6.23. The number of amides is 2. The Morgan fingerprint density at radius 3 is 2.19 bits per heavy atom. The second-order valence-corrected chi connectivity index (χ2v) is 12.5. The van der Waals surface area contributed by atoms with E-state index in [4.69, 9.17) is 11.6 Å². The minimum Gasteiger partial charge on any atom is -0.352 e. The summed E-state index contributed by atoms with van der Waals surface area (Å²) in [5.74, 6) is -0.443. The van der Waals surface area contributed by atoms with Crippen molar-refractivity contribution in [2.45, 2.75) is 77.4 Å². The van der Waals surface area contributed by atoms with E-state index in [1.165, 1.54) is 11.3 Å². The van der Waals surface area contributed by atoms with Gasteiger partial charge < -0.3 is 10.2 Å². The van der Waals surface area contributed by atoms with Crippen LogP contribution in [0.4, 0.5) is 5.69 Å². The van der Waals surface area contributed by atoms with Crippen LogP contribution in [-0.2, 0) is 26.2 Å². The van der Waals surface area contributed by atoms with E-state index in [1.54, 1.807) is 37.3 Å². The quantitative estimate of drug-likeness (QED) is 0.448. The molecular formula is C28H38ClN3O4S. The van der Waals surface area contributed by atoms with Crippen LogP contribution in [0.2, 0.25) is 5.02 Å². The SMILES string of the molecule is CC(C)c1ccc(N(CC(=O)N(Cc2ccccc2Cl)[C@@H](C)C(=O)NC2CCCCC2)S(C)(=O)=O)cc1. The third-order valence-corrected chi connectivity index (χ3v) is 8.45. The largest absolute Gasteiger partial charge is 0.352 e. The average molecular weight is 548 g/mol. The number of benzene rings is 2. The summed E-state index contributed by atoms with van der Waals surface area (Å²) in [4.78, 5) is 28.3. The Bertz CT molecular complexity index is 1180. The Morgan fingerprint density at radius 2 is 1.62 bits per heavy atom. The minimum absolute atomic E-state index is 0.0850. The molecule has 1 fully saturated rings. The topological polar surface area (TPSA) is 86.8 Å². The summed E-state index contributed by atoms with van der Waals surface area (Å²) in [6, 6.07) is 13.6. The molecule has 202 valence electrons.